The largest absolute Gasteiger partial charge is 0.298 e. The van der Waals surface area contributed by atoms with Gasteiger partial charge in [-0.2, -0.15) is 0 Å². The minimum Gasteiger partial charge on any atom is -0.298 e. The second kappa shape index (κ2) is 3.35. The van der Waals surface area contributed by atoms with Crippen molar-refractivity contribution in [1.29, 1.82) is 0 Å². The highest BCUT2D eigenvalue weighted by molar-refractivity contribution is 4.95. The van der Waals surface area contributed by atoms with Crippen molar-refractivity contribution in [3.05, 3.63) is 0 Å². The normalized spacial score (nSPS) is 43.0. The molecule has 2 aliphatic rings. The van der Waals surface area contributed by atoms with Crippen LogP contribution in [0.4, 0.5) is 0 Å². The summed E-state index contributed by atoms with van der Waals surface area (Å²) < 4.78 is 0. The van der Waals surface area contributed by atoms with E-state index in [4.69, 9.17) is 0 Å². The van der Waals surface area contributed by atoms with E-state index in [0.717, 1.165) is 12.1 Å². The molecule has 2 nitrogen and oxygen atoms in total. The Morgan fingerprint density at radius 3 is 2.83 bits per heavy atom. The summed E-state index contributed by atoms with van der Waals surface area (Å²) in [7, 11) is 0. The monoisotopic (exact) mass is 168 g/mol. The summed E-state index contributed by atoms with van der Waals surface area (Å²) >= 11 is 0. The molecule has 3 atom stereocenters. The molecule has 0 spiro atoms. The Balaban J connectivity index is 2.05. The van der Waals surface area contributed by atoms with E-state index in [2.05, 4.69) is 24.1 Å². The second-order valence-corrected chi connectivity index (χ2v) is 4.13. The second-order valence-electron chi connectivity index (χ2n) is 4.13. The Bertz CT molecular complexity index is 158. The summed E-state index contributed by atoms with van der Waals surface area (Å²) in [5.41, 5.74) is 0. The van der Waals surface area contributed by atoms with Crippen LogP contribution in [0.25, 0.3) is 0 Å². The van der Waals surface area contributed by atoms with Crippen molar-refractivity contribution >= 4 is 0 Å². The van der Waals surface area contributed by atoms with Gasteiger partial charge >= 0.3 is 0 Å². The smallest absolute Gasteiger partial charge is 0.0573 e. The first-order chi connectivity index (χ1) is 5.83. The number of rotatable bonds is 1. The Labute approximate surface area is 75.3 Å². The van der Waals surface area contributed by atoms with Crippen molar-refractivity contribution in [3.63, 3.8) is 0 Å². The summed E-state index contributed by atoms with van der Waals surface area (Å²) in [6.07, 6.45) is 6.29. The standard InChI is InChI=1S/C10H20N2/c1-3-12-8(2)11-9-6-4-5-7-10(9)12/h8-11H,3-7H2,1-2H3. The predicted octanol–water partition coefficient (Wildman–Crippen LogP) is 1.57. The van der Waals surface area contributed by atoms with Crippen molar-refractivity contribution in [2.24, 2.45) is 0 Å². The SMILES string of the molecule is CCN1C(C)NC2CCCCC21. The third kappa shape index (κ3) is 1.27. The summed E-state index contributed by atoms with van der Waals surface area (Å²) in [6.45, 7) is 5.77. The topological polar surface area (TPSA) is 15.3 Å². The number of hydrogen-bond donors (Lipinski definition) is 1. The van der Waals surface area contributed by atoms with Gasteiger partial charge in [-0.15, -0.1) is 0 Å². The molecule has 0 aromatic rings. The van der Waals surface area contributed by atoms with Crippen molar-refractivity contribution in [2.45, 2.75) is 57.8 Å². The van der Waals surface area contributed by atoms with Crippen LogP contribution >= 0.6 is 0 Å². The predicted molar refractivity (Wildman–Crippen MR) is 51.0 cm³/mol. The maximum Gasteiger partial charge on any atom is 0.0573 e. The van der Waals surface area contributed by atoms with Gasteiger partial charge in [0, 0.05) is 12.1 Å². The molecule has 2 heteroatoms. The van der Waals surface area contributed by atoms with Crippen LogP contribution in [-0.4, -0.2) is 29.7 Å². The minimum atomic E-state index is 0.614. The first kappa shape index (κ1) is 8.52. The van der Waals surface area contributed by atoms with Crippen LogP contribution in [0.1, 0.15) is 39.5 Å². The average Bonchev–Trinajstić information content (AvgIpc) is 2.40. The first-order valence-electron chi connectivity index (χ1n) is 5.34. The lowest BCUT2D eigenvalue weighted by molar-refractivity contribution is 0.181. The van der Waals surface area contributed by atoms with E-state index in [1.54, 1.807) is 0 Å². The molecule has 2 rings (SSSR count). The van der Waals surface area contributed by atoms with Crippen LogP contribution in [0.15, 0.2) is 0 Å². The fourth-order valence-corrected chi connectivity index (χ4v) is 2.90. The van der Waals surface area contributed by atoms with Gasteiger partial charge in [-0.3, -0.25) is 10.2 Å². The van der Waals surface area contributed by atoms with Crippen LogP contribution in [0.2, 0.25) is 0 Å². The summed E-state index contributed by atoms with van der Waals surface area (Å²) in [6, 6.07) is 1.65. The van der Waals surface area contributed by atoms with Crippen LogP contribution in [0.5, 0.6) is 0 Å². The van der Waals surface area contributed by atoms with Crippen molar-refractivity contribution in [2.75, 3.05) is 6.54 Å². The third-order valence-corrected chi connectivity index (χ3v) is 3.47. The highest BCUT2D eigenvalue weighted by Crippen LogP contribution is 2.29. The van der Waals surface area contributed by atoms with Gasteiger partial charge in [0.2, 0.25) is 0 Å². The van der Waals surface area contributed by atoms with Crippen molar-refractivity contribution in [1.82, 2.24) is 10.2 Å². The average molecular weight is 168 g/mol. The molecular weight excluding hydrogens is 148 g/mol. The summed E-state index contributed by atoms with van der Waals surface area (Å²) in [5, 5.41) is 3.68. The molecule has 1 saturated heterocycles. The highest BCUT2D eigenvalue weighted by atomic mass is 15.4. The molecule has 0 aromatic carbocycles. The molecule has 1 aliphatic heterocycles. The molecule has 0 radical (unpaired) electrons. The van der Waals surface area contributed by atoms with E-state index < -0.39 is 0 Å². The Hall–Kier alpha value is -0.0800. The molecule has 0 bridgehead atoms. The lowest BCUT2D eigenvalue weighted by atomic mass is 9.91. The van der Waals surface area contributed by atoms with Crippen LogP contribution < -0.4 is 5.32 Å². The number of likely N-dealkylation sites (N-methyl/N-ethyl adjacent to an activating group) is 1. The molecule has 0 amide bonds. The first-order valence-corrected chi connectivity index (χ1v) is 5.34. The van der Waals surface area contributed by atoms with E-state index >= 15 is 0 Å². The lowest BCUT2D eigenvalue weighted by Gasteiger charge is -2.30. The highest BCUT2D eigenvalue weighted by Gasteiger charge is 2.38. The molecule has 1 N–H and O–H groups in total. The van der Waals surface area contributed by atoms with E-state index in [0.29, 0.717) is 6.17 Å². The van der Waals surface area contributed by atoms with E-state index in [1.165, 1.54) is 32.2 Å². The lowest BCUT2D eigenvalue weighted by Crippen LogP contribution is -2.39. The van der Waals surface area contributed by atoms with Crippen LogP contribution in [0.3, 0.4) is 0 Å². The molecule has 1 heterocycles. The van der Waals surface area contributed by atoms with Gasteiger partial charge < -0.3 is 0 Å². The van der Waals surface area contributed by atoms with Gasteiger partial charge in [0.1, 0.15) is 0 Å². The Morgan fingerprint density at radius 2 is 2.08 bits per heavy atom. The van der Waals surface area contributed by atoms with E-state index in [-0.39, 0.29) is 0 Å². The maximum absolute atomic E-state index is 3.68. The molecule has 3 unspecified atom stereocenters. The summed E-state index contributed by atoms with van der Waals surface area (Å²) in [4.78, 5) is 2.61. The number of nitrogens with zero attached hydrogens (tertiary/aromatic N) is 1. The number of fused-ring (bicyclic) bond motifs is 1. The van der Waals surface area contributed by atoms with E-state index in [9.17, 15) is 0 Å². The van der Waals surface area contributed by atoms with E-state index in [1.807, 2.05) is 0 Å². The molecule has 0 aromatic heterocycles. The molecule has 1 aliphatic carbocycles. The molecule has 1 saturated carbocycles. The third-order valence-electron chi connectivity index (χ3n) is 3.47. The Morgan fingerprint density at radius 1 is 1.33 bits per heavy atom. The van der Waals surface area contributed by atoms with Gasteiger partial charge in [-0.25, -0.2) is 0 Å². The van der Waals surface area contributed by atoms with Gasteiger partial charge in [-0.05, 0) is 26.3 Å². The van der Waals surface area contributed by atoms with Gasteiger partial charge in [0.05, 0.1) is 6.17 Å². The van der Waals surface area contributed by atoms with Crippen molar-refractivity contribution < 1.29 is 0 Å². The molecule has 70 valence electrons. The fraction of sp³-hybridized carbons (Fsp3) is 1.00. The fourth-order valence-electron chi connectivity index (χ4n) is 2.90. The Kier molecular flexibility index (Phi) is 2.37. The maximum atomic E-state index is 3.68. The molecule has 12 heavy (non-hydrogen) atoms. The zero-order valence-electron chi connectivity index (χ0n) is 8.21. The van der Waals surface area contributed by atoms with Gasteiger partial charge in [0.25, 0.3) is 0 Å². The molecular formula is C10H20N2. The number of hydrogen-bond acceptors (Lipinski definition) is 2. The zero-order valence-corrected chi connectivity index (χ0v) is 8.21. The van der Waals surface area contributed by atoms with Crippen LogP contribution in [-0.2, 0) is 0 Å². The van der Waals surface area contributed by atoms with Gasteiger partial charge in [-0.1, -0.05) is 19.8 Å². The van der Waals surface area contributed by atoms with Crippen molar-refractivity contribution in [3.8, 4) is 0 Å². The quantitative estimate of drug-likeness (QED) is 0.639. The number of nitrogens with one attached hydrogen (secondary N) is 1. The molecule has 2 fully saturated rings. The zero-order chi connectivity index (χ0) is 8.55. The summed E-state index contributed by atoms with van der Waals surface area (Å²) in [5.74, 6) is 0. The minimum absolute atomic E-state index is 0.614. The van der Waals surface area contributed by atoms with Crippen LogP contribution in [0, 0.1) is 0 Å². The van der Waals surface area contributed by atoms with Gasteiger partial charge in [0.15, 0.2) is 0 Å².